The predicted octanol–water partition coefficient (Wildman–Crippen LogP) is 5.06. The smallest absolute Gasteiger partial charge is 0.0931 e. The first-order chi connectivity index (χ1) is 8.66. The van der Waals surface area contributed by atoms with E-state index in [4.69, 9.17) is 11.6 Å². The fourth-order valence-corrected chi connectivity index (χ4v) is 3.55. The molecule has 1 nitrogen and oxygen atoms in total. The van der Waals surface area contributed by atoms with Gasteiger partial charge in [-0.25, -0.2) is 0 Å². The normalized spacial score (nSPS) is 12.6. The molecule has 1 atom stereocenters. The first-order valence-electron chi connectivity index (χ1n) is 5.89. The Morgan fingerprint density at radius 3 is 2.72 bits per heavy atom. The van der Waals surface area contributed by atoms with Gasteiger partial charge in [-0.05, 0) is 37.1 Å². The fraction of sp³-hybridized carbons (Fsp3) is 0.286. The molecule has 18 heavy (non-hydrogen) atoms. The summed E-state index contributed by atoms with van der Waals surface area (Å²) in [4.78, 5) is 1.33. The van der Waals surface area contributed by atoms with Gasteiger partial charge in [0.25, 0.3) is 0 Å². The Balaban J connectivity index is 1.85. The van der Waals surface area contributed by atoms with E-state index in [0.29, 0.717) is 6.04 Å². The monoisotopic (exact) mass is 343 g/mol. The van der Waals surface area contributed by atoms with Crippen LogP contribution in [-0.4, -0.2) is 6.54 Å². The zero-order valence-electron chi connectivity index (χ0n) is 10.1. The maximum absolute atomic E-state index is 5.91. The van der Waals surface area contributed by atoms with Crippen molar-refractivity contribution in [2.75, 3.05) is 6.54 Å². The molecule has 1 aromatic carbocycles. The summed E-state index contributed by atoms with van der Waals surface area (Å²) in [5.74, 6) is 0. The van der Waals surface area contributed by atoms with Crippen molar-refractivity contribution in [3.05, 3.63) is 55.6 Å². The first-order valence-corrected chi connectivity index (χ1v) is 7.87. The molecule has 4 heteroatoms. The van der Waals surface area contributed by atoms with Crippen molar-refractivity contribution in [2.45, 2.75) is 19.4 Å². The molecule has 1 unspecified atom stereocenters. The van der Waals surface area contributed by atoms with Gasteiger partial charge in [-0.2, -0.15) is 0 Å². The van der Waals surface area contributed by atoms with Crippen LogP contribution in [0.5, 0.6) is 0 Å². The number of nitrogens with one attached hydrogen (secondary N) is 1. The van der Waals surface area contributed by atoms with Crippen molar-refractivity contribution < 1.29 is 0 Å². The molecule has 1 N–H and O–H groups in total. The molecule has 2 rings (SSSR count). The van der Waals surface area contributed by atoms with Crippen LogP contribution in [0.15, 0.2) is 40.9 Å². The highest BCUT2D eigenvalue weighted by Gasteiger charge is 2.07. The molecule has 0 aliphatic rings. The van der Waals surface area contributed by atoms with Crippen molar-refractivity contribution in [2.24, 2.45) is 0 Å². The molecule has 1 aromatic heterocycles. The maximum atomic E-state index is 5.91. The van der Waals surface area contributed by atoms with E-state index >= 15 is 0 Å². The molecule has 2 aromatic rings. The van der Waals surface area contributed by atoms with Gasteiger partial charge >= 0.3 is 0 Å². The number of hydrogen-bond donors (Lipinski definition) is 1. The summed E-state index contributed by atoms with van der Waals surface area (Å²) in [6.07, 6.45) is 1.02. The number of halogens is 2. The molecule has 0 saturated carbocycles. The summed E-state index contributed by atoms with van der Waals surface area (Å²) < 4.78 is 2.02. The van der Waals surface area contributed by atoms with Crippen LogP contribution >= 0.6 is 38.9 Å². The summed E-state index contributed by atoms with van der Waals surface area (Å²) in [5.41, 5.74) is 1.29. The number of thiophene rings is 1. The molecule has 0 aliphatic carbocycles. The van der Waals surface area contributed by atoms with E-state index in [-0.39, 0.29) is 0 Å². The predicted molar refractivity (Wildman–Crippen MR) is 83.6 cm³/mol. The van der Waals surface area contributed by atoms with E-state index in [1.54, 1.807) is 11.3 Å². The third-order valence-electron chi connectivity index (χ3n) is 2.82. The lowest BCUT2D eigenvalue weighted by Gasteiger charge is -2.15. The lowest BCUT2D eigenvalue weighted by atomic mass is 10.1. The Labute approximate surface area is 125 Å². The van der Waals surface area contributed by atoms with E-state index in [0.717, 1.165) is 21.8 Å². The van der Waals surface area contributed by atoms with Gasteiger partial charge in [0, 0.05) is 21.9 Å². The second kappa shape index (κ2) is 6.71. The second-order valence-corrected chi connectivity index (χ2v) is 6.81. The van der Waals surface area contributed by atoms with Crippen LogP contribution in [0.4, 0.5) is 0 Å². The minimum Gasteiger partial charge on any atom is -0.310 e. The summed E-state index contributed by atoms with van der Waals surface area (Å²) in [7, 11) is 0. The lowest BCUT2D eigenvalue weighted by Crippen LogP contribution is -2.21. The molecule has 0 saturated heterocycles. The van der Waals surface area contributed by atoms with E-state index in [1.807, 2.05) is 12.1 Å². The van der Waals surface area contributed by atoms with Crippen LogP contribution < -0.4 is 5.32 Å². The van der Waals surface area contributed by atoms with Gasteiger partial charge in [0.05, 0.1) is 4.34 Å². The SMILES string of the molecule is CC(NCCc1ccc(Cl)s1)c1ccccc1Br. The highest BCUT2D eigenvalue weighted by atomic mass is 79.9. The average molecular weight is 345 g/mol. The molecule has 96 valence electrons. The standard InChI is InChI=1S/C14H15BrClNS/c1-10(12-4-2-3-5-13(12)15)17-9-8-11-6-7-14(16)18-11/h2-7,10,17H,8-9H2,1H3. The van der Waals surface area contributed by atoms with Crippen molar-refractivity contribution in [3.8, 4) is 0 Å². The largest absolute Gasteiger partial charge is 0.310 e. The Hall–Kier alpha value is -0.350. The van der Waals surface area contributed by atoms with Crippen molar-refractivity contribution in [1.29, 1.82) is 0 Å². The highest BCUT2D eigenvalue weighted by Crippen LogP contribution is 2.24. The number of benzene rings is 1. The third kappa shape index (κ3) is 3.82. The van der Waals surface area contributed by atoms with Crippen LogP contribution in [-0.2, 0) is 6.42 Å². The molecule has 0 bridgehead atoms. The minimum atomic E-state index is 0.344. The van der Waals surface area contributed by atoms with Crippen LogP contribution in [0.2, 0.25) is 4.34 Å². The van der Waals surface area contributed by atoms with E-state index in [2.05, 4.69) is 52.4 Å². The van der Waals surface area contributed by atoms with Crippen molar-refractivity contribution >= 4 is 38.9 Å². The first kappa shape index (κ1) is 14.1. The van der Waals surface area contributed by atoms with E-state index < -0.39 is 0 Å². The molecular weight excluding hydrogens is 330 g/mol. The zero-order chi connectivity index (χ0) is 13.0. The van der Waals surface area contributed by atoms with Gasteiger partial charge in [0.2, 0.25) is 0 Å². The molecule has 0 fully saturated rings. The van der Waals surface area contributed by atoms with Crippen molar-refractivity contribution in [3.63, 3.8) is 0 Å². The summed E-state index contributed by atoms with van der Waals surface area (Å²) in [6, 6.07) is 12.7. The zero-order valence-corrected chi connectivity index (χ0v) is 13.3. The molecule has 0 aliphatic heterocycles. The minimum absolute atomic E-state index is 0.344. The van der Waals surface area contributed by atoms with Crippen molar-refractivity contribution in [1.82, 2.24) is 5.32 Å². The highest BCUT2D eigenvalue weighted by molar-refractivity contribution is 9.10. The summed E-state index contributed by atoms with van der Waals surface area (Å²) in [5, 5.41) is 3.53. The molecule has 1 heterocycles. The topological polar surface area (TPSA) is 12.0 Å². The van der Waals surface area contributed by atoms with Gasteiger partial charge in [0.1, 0.15) is 0 Å². The average Bonchev–Trinajstić information content (AvgIpc) is 2.75. The summed E-state index contributed by atoms with van der Waals surface area (Å²) in [6.45, 7) is 3.14. The molecule has 0 radical (unpaired) electrons. The second-order valence-electron chi connectivity index (χ2n) is 4.15. The van der Waals surface area contributed by atoms with Gasteiger partial charge in [-0.1, -0.05) is 45.7 Å². The van der Waals surface area contributed by atoms with Gasteiger partial charge in [-0.15, -0.1) is 11.3 Å². The molecular formula is C14H15BrClNS. The van der Waals surface area contributed by atoms with E-state index in [1.165, 1.54) is 10.4 Å². The Morgan fingerprint density at radius 1 is 1.28 bits per heavy atom. The molecule has 0 amide bonds. The van der Waals surface area contributed by atoms with Gasteiger partial charge in [0.15, 0.2) is 0 Å². The third-order valence-corrected chi connectivity index (χ3v) is 4.84. The van der Waals surface area contributed by atoms with Gasteiger partial charge < -0.3 is 5.32 Å². The quantitative estimate of drug-likeness (QED) is 0.799. The Kier molecular flexibility index (Phi) is 5.25. The maximum Gasteiger partial charge on any atom is 0.0931 e. The molecule has 0 spiro atoms. The van der Waals surface area contributed by atoms with Crippen LogP contribution in [0.25, 0.3) is 0 Å². The summed E-state index contributed by atoms with van der Waals surface area (Å²) >= 11 is 11.1. The Morgan fingerprint density at radius 2 is 2.06 bits per heavy atom. The Bertz CT molecular complexity index is 512. The van der Waals surface area contributed by atoms with Crippen LogP contribution in [0.1, 0.15) is 23.4 Å². The number of rotatable bonds is 5. The van der Waals surface area contributed by atoms with E-state index in [9.17, 15) is 0 Å². The number of hydrogen-bond acceptors (Lipinski definition) is 2. The fourth-order valence-electron chi connectivity index (χ4n) is 1.83. The lowest BCUT2D eigenvalue weighted by molar-refractivity contribution is 0.577. The van der Waals surface area contributed by atoms with Crippen LogP contribution in [0.3, 0.4) is 0 Å². The van der Waals surface area contributed by atoms with Crippen LogP contribution in [0, 0.1) is 0 Å². The van der Waals surface area contributed by atoms with Gasteiger partial charge in [-0.3, -0.25) is 0 Å².